The maximum atomic E-state index is 12.9. The molecule has 2 aromatic heterocycles. The average molecular weight is 465 g/mol. The molecule has 2 heterocycles. The summed E-state index contributed by atoms with van der Waals surface area (Å²) in [6.07, 6.45) is 0.824. The first-order chi connectivity index (χ1) is 15.2. The van der Waals surface area contributed by atoms with Crippen LogP contribution < -0.4 is 5.32 Å². The third kappa shape index (κ3) is 4.92. The molecule has 170 valence electrons. The van der Waals surface area contributed by atoms with E-state index in [1.165, 1.54) is 11.3 Å². The number of aryl methyl sites for hydroxylation is 1. The molecular weight excluding hydrogens is 441 g/mol. The highest BCUT2D eigenvalue weighted by Crippen LogP contribution is 2.42. The van der Waals surface area contributed by atoms with Gasteiger partial charge in [-0.1, -0.05) is 6.07 Å². The van der Waals surface area contributed by atoms with E-state index in [1.54, 1.807) is 18.3 Å². The van der Waals surface area contributed by atoms with Crippen LogP contribution >= 0.6 is 11.3 Å². The molecule has 1 saturated carbocycles. The molecule has 3 aromatic rings. The Balaban J connectivity index is 1.56. The summed E-state index contributed by atoms with van der Waals surface area (Å²) in [6.45, 7) is 2.02. The van der Waals surface area contributed by atoms with Crippen molar-refractivity contribution >= 4 is 23.0 Å². The predicted octanol–water partition coefficient (Wildman–Crippen LogP) is 5.04. The Morgan fingerprint density at radius 1 is 1.19 bits per heavy atom. The minimum absolute atomic E-state index is 0.133. The van der Waals surface area contributed by atoms with Crippen molar-refractivity contribution in [1.29, 1.82) is 0 Å². The van der Waals surface area contributed by atoms with Crippen LogP contribution in [0.15, 0.2) is 36.7 Å². The van der Waals surface area contributed by atoms with E-state index in [4.69, 9.17) is 0 Å². The molecule has 0 bridgehead atoms. The lowest BCUT2D eigenvalue weighted by atomic mass is 9.79. The van der Waals surface area contributed by atoms with Crippen molar-refractivity contribution in [3.63, 3.8) is 0 Å². The molecule has 0 aliphatic heterocycles. The lowest BCUT2D eigenvalue weighted by Crippen LogP contribution is -2.32. The van der Waals surface area contributed by atoms with Crippen molar-refractivity contribution in [2.24, 2.45) is 5.92 Å². The number of rotatable bonds is 5. The molecule has 1 fully saturated rings. The summed E-state index contributed by atoms with van der Waals surface area (Å²) >= 11 is 1.40. The van der Waals surface area contributed by atoms with E-state index in [-0.39, 0.29) is 18.5 Å². The van der Waals surface area contributed by atoms with Gasteiger partial charge in [-0.3, -0.25) is 0 Å². The summed E-state index contributed by atoms with van der Waals surface area (Å²) in [6, 6.07) is 6.35. The summed E-state index contributed by atoms with van der Waals surface area (Å²) in [5.74, 6) is 0.0782. The second kappa shape index (κ2) is 8.76. The van der Waals surface area contributed by atoms with Crippen molar-refractivity contribution in [3.05, 3.63) is 52.9 Å². The zero-order valence-corrected chi connectivity index (χ0v) is 18.2. The van der Waals surface area contributed by atoms with Crippen LogP contribution in [0.3, 0.4) is 0 Å². The van der Waals surface area contributed by atoms with Crippen molar-refractivity contribution in [3.8, 4) is 10.4 Å². The first-order valence-electron chi connectivity index (χ1n) is 10.3. The number of thiazole rings is 1. The van der Waals surface area contributed by atoms with Crippen molar-refractivity contribution < 1.29 is 23.4 Å². The Morgan fingerprint density at radius 3 is 2.62 bits per heavy atom. The van der Waals surface area contributed by atoms with Gasteiger partial charge >= 0.3 is 6.18 Å². The Hall–Kier alpha value is -2.56. The standard InChI is InChI=1S/C22H23F3N4O2S/c1-13-8-15(10-16(9-13)28-20-26-7-4-18(29-20)22(23,24)25)17-11-27-19(32-17)21(31)5-2-14(12-30)3-6-21/h4,7-11,14,30-31H,2-3,5-6,12H2,1H3,(H,26,28,29)/t14-,21+. The van der Waals surface area contributed by atoms with Gasteiger partial charge in [-0.15, -0.1) is 11.3 Å². The van der Waals surface area contributed by atoms with E-state index in [1.807, 2.05) is 13.0 Å². The number of nitrogens with zero attached hydrogens (tertiary/aromatic N) is 3. The van der Waals surface area contributed by atoms with Crippen LogP contribution in [-0.2, 0) is 11.8 Å². The zero-order valence-electron chi connectivity index (χ0n) is 17.4. The quantitative estimate of drug-likeness (QED) is 0.490. The summed E-state index contributed by atoms with van der Waals surface area (Å²) in [5, 5.41) is 23.9. The summed E-state index contributed by atoms with van der Waals surface area (Å²) in [4.78, 5) is 12.7. The van der Waals surface area contributed by atoms with E-state index >= 15 is 0 Å². The maximum absolute atomic E-state index is 12.9. The minimum atomic E-state index is -4.55. The highest BCUT2D eigenvalue weighted by atomic mass is 32.1. The number of aliphatic hydroxyl groups is 2. The first-order valence-corrected chi connectivity index (χ1v) is 11.1. The van der Waals surface area contributed by atoms with Gasteiger partial charge in [-0.25, -0.2) is 15.0 Å². The topological polar surface area (TPSA) is 91.2 Å². The molecule has 0 amide bonds. The van der Waals surface area contributed by atoms with Crippen molar-refractivity contribution in [1.82, 2.24) is 15.0 Å². The van der Waals surface area contributed by atoms with Gasteiger partial charge in [0.15, 0.2) is 0 Å². The number of hydrogen-bond donors (Lipinski definition) is 3. The van der Waals surface area contributed by atoms with E-state index in [9.17, 15) is 23.4 Å². The highest BCUT2D eigenvalue weighted by Gasteiger charge is 2.37. The number of aliphatic hydroxyl groups excluding tert-OH is 1. The number of alkyl halides is 3. The number of aromatic nitrogens is 3. The molecule has 3 N–H and O–H groups in total. The van der Waals surface area contributed by atoms with E-state index in [0.29, 0.717) is 23.5 Å². The molecule has 6 nitrogen and oxygen atoms in total. The van der Waals surface area contributed by atoms with Gasteiger partial charge in [0.25, 0.3) is 0 Å². The molecule has 0 unspecified atom stereocenters. The van der Waals surface area contributed by atoms with Crippen LogP contribution in [0.5, 0.6) is 0 Å². The lowest BCUT2D eigenvalue weighted by molar-refractivity contribution is -0.141. The van der Waals surface area contributed by atoms with Crippen LogP contribution in [0.4, 0.5) is 24.8 Å². The second-order valence-electron chi connectivity index (χ2n) is 8.16. The molecular formula is C22H23F3N4O2S. The smallest absolute Gasteiger partial charge is 0.396 e. The molecule has 1 aliphatic carbocycles. The van der Waals surface area contributed by atoms with Crippen LogP contribution in [0.1, 0.15) is 41.9 Å². The molecule has 10 heteroatoms. The number of benzene rings is 1. The summed E-state index contributed by atoms with van der Waals surface area (Å²) in [5.41, 5.74) is 0.270. The lowest BCUT2D eigenvalue weighted by Gasteiger charge is -2.33. The number of halogens is 3. The van der Waals surface area contributed by atoms with E-state index < -0.39 is 17.5 Å². The van der Waals surface area contributed by atoms with Crippen molar-refractivity contribution in [2.75, 3.05) is 11.9 Å². The second-order valence-corrected chi connectivity index (χ2v) is 9.19. The third-order valence-electron chi connectivity index (χ3n) is 5.66. The molecule has 4 rings (SSSR count). The van der Waals surface area contributed by atoms with Crippen LogP contribution in [0, 0.1) is 12.8 Å². The largest absolute Gasteiger partial charge is 0.433 e. The van der Waals surface area contributed by atoms with E-state index in [2.05, 4.69) is 20.3 Å². The normalized spacial score (nSPS) is 21.5. The van der Waals surface area contributed by atoms with Gasteiger partial charge in [-0.05, 0) is 67.9 Å². The van der Waals surface area contributed by atoms with Crippen molar-refractivity contribution in [2.45, 2.75) is 44.4 Å². The highest BCUT2D eigenvalue weighted by molar-refractivity contribution is 7.15. The Morgan fingerprint density at radius 2 is 1.94 bits per heavy atom. The van der Waals surface area contributed by atoms with Gasteiger partial charge in [0.2, 0.25) is 5.95 Å². The predicted molar refractivity (Wildman–Crippen MR) is 116 cm³/mol. The molecule has 0 spiro atoms. The maximum Gasteiger partial charge on any atom is 0.433 e. The minimum Gasteiger partial charge on any atom is -0.396 e. The fourth-order valence-corrected chi connectivity index (χ4v) is 4.93. The molecule has 0 saturated heterocycles. The summed E-state index contributed by atoms with van der Waals surface area (Å²) < 4.78 is 38.8. The number of anilines is 2. The molecule has 0 radical (unpaired) electrons. The SMILES string of the molecule is Cc1cc(Nc2nccc(C(F)(F)F)n2)cc(-c2cnc([C@]3(O)CC[C@@H](CO)CC3)s2)c1. The number of nitrogens with one attached hydrogen (secondary N) is 1. The Kier molecular flexibility index (Phi) is 6.19. The Bertz CT molecular complexity index is 1090. The van der Waals surface area contributed by atoms with Gasteiger partial charge in [0.1, 0.15) is 16.3 Å². The van der Waals surface area contributed by atoms with Gasteiger partial charge < -0.3 is 15.5 Å². The van der Waals surface area contributed by atoms with E-state index in [0.717, 1.165) is 41.1 Å². The zero-order chi connectivity index (χ0) is 22.9. The summed E-state index contributed by atoms with van der Waals surface area (Å²) in [7, 11) is 0. The molecule has 1 aliphatic rings. The molecule has 1 aromatic carbocycles. The number of hydrogen-bond acceptors (Lipinski definition) is 7. The van der Waals surface area contributed by atoms with Gasteiger partial charge in [0, 0.05) is 24.7 Å². The molecule has 0 atom stereocenters. The van der Waals surface area contributed by atoms with Gasteiger partial charge in [0.05, 0.1) is 4.88 Å². The van der Waals surface area contributed by atoms with Crippen LogP contribution in [-0.4, -0.2) is 31.8 Å². The van der Waals surface area contributed by atoms with Crippen LogP contribution in [0.2, 0.25) is 0 Å². The Labute approximate surface area is 187 Å². The fraction of sp³-hybridized carbons (Fsp3) is 0.409. The monoisotopic (exact) mass is 464 g/mol. The average Bonchev–Trinajstić information content (AvgIpc) is 3.25. The van der Waals surface area contributed by atoms with Gasteiger partial charge in [-0.2, -0.15) is 13.2 Å². The molecule has 32 heavy (non-hydrogen) atoms. The van der Waals surface area contributed by atoms with Crippen LogP contribution in [0.25, 0.3) is 10.4 Å². The third-order valence-corrected chi connectivity index (χ3v) is 6.90. The fourth-order valence-electron chi connectivity index (χ4n) is 3.88. The first kappa shape index (κ1) is 22.6.